The molecule has 1 aliphatic rings. The van der Waals surface area contributed by atoms with Crippen molar-refractivity contribution in [3.8, 4) is 6.07 Å². The molecule has 1 unspecified atom stereocenters. The summed E-state index contributed by atoms with van der Waals surface area (Å²) in [5.41, 5.74) is 5.71. The standard InChI is InChI=1S/C12H23N3/c1-10(2)8-15(9-11(14)7-13)12-5-3-4-6-12/h10-12H,3-6,8-9,14H2,1-2H3. The van der Waals surface area contributed by atoms with Gasteiger partial charge in [-0.25, -0.2) is 0 Å². The van der Waals surface area contributed by atoms with Crippen LogP contribution in [0, 0.1) is 17.2 Å². The van der Waals surface area contributed by atoms with Crippen molar-refractivity contribution in [1.82, 2.24) is 4.90 Å². The lowest BCUT2D eigenvalue weighted by Gasteiger charge is -2.31. The normalized spacial score (nSPS) is 19.7. The van der Waals surface area contributed by atoms with Gasteiger partial charge in [0.25, 0.3) is 0 Å². The molecule has 0 bridgehead atoms. The van der Waals surface area contributed by atoms with Crippen LogP contribution in [0.2, 0.25) is 0 Å². The number of nitriles is 1. The molecule has 86 valence electrons. The Bertz CT molecular complexity index is 213. The van der Waals surface area contributed by atoms with Crippen molar-refractivity contribution >= 4 is 0 Å². The van der Waals surface area contributed by atoms with Gasteiger partial charge in [0.15, 0.2) is 0 Å². The number of nitrogens with two attached hydrogens (primary N) is 1. The van der Waals surface area contributed by atoms with Gasteiger partial charge < -0.3 is 5.73 Å². The van der Waals surface area contributed by atoms with Gasteiger partial charge in [0.1, 0.15) is 6.04 Å². The SMILES string of the molecule is CC(C)CN(CC(N)C#N)C1CCCC1. The molecule has 3 heteroatoms. The zero-order valence-corrected chi connectivity index (χ0v) is 9.95. The minimum absolute atomic E-state index is 0.329. The van der Waals surface area contributed by atoms with Crippen molar-refractivity contribution in [2.45, 2.75) is 51.6 Å². The van der Waals surface area contributed by atoms with Gasteiger partial charge in [-0.15, -0.1) is 0 Å². The lowest BCUT2D eigenvalue weighted by atomic mass is 10.1. The molecular weight excluding hydrogens is 186 g/mol. The minimum atomic E-state index is -0.329. The summed E-state index contributed by atoms with van der Waals surface area (Å²) < 4.78 is 0. The third kappa shape index (κ3) is 4.19. The minimum Gasteiger partial charge on any atom is -0.315 e. The van der Waals surface area contributed by atoms with Gasteiger partial charge in [0.2, 0.25) is 0 Å². The van der Waals surface area contributed by atoms with Gasteiger partial charge in [-0.1, -0.05) is 26.7 Å². The van der Waals surface area contributed by atoms with E-state index in [9.17, 15) is 0 Å². The molecule has 1 fully saturated rings. The molecule has 1 aliphatic carbocycles. The Morgan fingerprint density at radius 3 is 2.40 bits per heavy atom. The number of rotatable bonds is 5. The molecule has 1 saturated carbocycles. The Balaban J connectivity index is 2.48. The van der Waals surface area contributed by atoms with Crippen molar-refractivity contribution in [1.29, 1.82) is 5.26 Å². The zero-order valence-electron chi connectivity index (χ0n) is 9.95. The Labute approximate surface area is 93.2 Å². The van der Waals surface area contributed by atoms with E-state index < -0.39 is 0 Å². The fraction of sp³-hybridized carbons (Fsp3) is 0.917. The van der Waals surface area contributed by atoms with Crippen LogP contribution in [0.1, 0.15) is 39.5 Å². The van der Waals surface area contributed by atoms with E-state index in [4.69, 9.17) is 11.0 Å². The molecule has 0 spiro atoms. The van der Waals surface area contributed by atoms with E-state index in [2.05, 4.69) is 24.8 Å². The van der Waals surface area contributed by atoms with E-state index in [1.54, 1.807) is 0 Å². The third-order valence-corrected chi connectivity index (χ3v) is 3.04. The maximum absolute atomic E-state index is 8.76. The maximum Gasteiger partial charge on any atom is 0.106 e. The summed E-state index contributed by atoms with van der Waals surface area (Å²) in [4.78, 5) is 2.42. The van der Waals surface area contributed by atoms with Crippen molar-refractivity contribution in [3.05, 3.63) is 0 Å². The van der Waals surface area contributed by atoms with Crippen LogP contribution in [0.25, 0.3) is 0 Å². The number of nitrogens with zero attached hydrogens (tertiary/aromatic N) is 2. The summed E-state index contributed by atoms with van der Waals surface area (Å²) in [7, 11) is 0. The Morgan fingerprint density at radius 2 is 1.93 bits per heavy atom. The van der Waals surface area contributed by atoms with Crippen LogP contribution in [0.15, 0.2) is 0 Å². The van der Waals surface area contributed by atoms with Crippen LogP contribution >= 0.6 is 0 Å². The molecule has 1 rings (SSSR count). The highest BCUT2D eigenvalue weighted by atomic mass is 15.2. The molecule has 0 amide bonds. The number of hydrogen-bond donors (Lipinski definition) is 1. The summed E-state index contributed by atoms with van der Waals surface area (Å²) in [6.07, 6.45) is 5.23. The first kappa shape index (κ1) is 12.5. The van der Waals surface area contributed by atoms with Gasteiger partial charge in [-0.2, -0.15) is 5.26 Å². The number of hydrogen-bond acceptors (Lipinski definition) is 3. The molecule has 0 aromatic rings. The van der Waals surface area contributed by atoms with Crippen LogP contribution in [-0.4, -0.2) is 30.1 Å². The average Bonchev–Trinajstić information content (AvgIpc) is 2.68. The predicted molar refractivity (Wildman–Crippen MR) is 62.3 cm³/mol. The zero-order chi connectivity index (χ0) is 11.3. The van der Waals surface area contributed by atoms with Gasteiger partial charge in [-0.3, -0.25) is 4.90 Å². The van der Waals surface area contributed by atoms with Crippen LogP contribution in [0.3, 0.4) is 0 Å². The second kappa shape index (κ2) is 6.09. The molecule has 1 atom stereocenters. The van der Waals surface area contributed by atoms with E-state index in [0.717, 1.165) is 13.1 Å². The van der Waals surface area contributed by atoms with E-state index in [0.29, 0.717) is 12.0 Å². The molecule has 0 heterocycles. The second-order valence-corrected chi connectivity index (χ2v) is 5.02. The summed E-state index contributed by atoms with van der Waals surface area (Å²) in [6.45, 7) is 6.25. The Hall–Kier alpha value is -0.590. The van der Waals surface area contributed by atoms with Gasteiger partial charge >= 0.3 is 0 Å². The predicted octanol–water partition coefficient (Wildman–Crippen LogP) is 1.74. The molecule has 3 nitrogen and oxygen atoms in total. The van der Waals surface area contributed by atoms with Crippen LogP contribution in [0.4, 0.5) is 0 Å². The third-order valence-electron chi connectivity index (χ3n) is 3.04. The topological polar surface area (TPSA) is 53.0 Å². The van der Waals surface area contributed by atoms with E-state index in [1.807, 2.05) is 0 Å². The van der Waals surface area contributed by atoms with Crippen molar-refractivity contribution in [2.75, 3.05) is 13.1 Å². The molecular formula is C12H23N3. The molecule has 0 aromatic heterocycles. The van der Waals surface area contributed by atoms with Gasteiger partial charge in [0.05, 0.1) is 6.07 Å². The lowest BCUT2D eigenvalue weighted by Crippen LogP contribution is -2.43. The summed E-state index contributed by atoms with van der Waals surface area (Å²) in [5.74, 6) is 0.650. The van der Waals surface area contributed by atoms with Crippen molar-refractivity contribution < 1.29 is 0 Å². The quantitative estimate of drug-likeness (QED) is 0.750. The molecule has 15 heavy (non-hydrogen) atoms. The van der Waals surface area contributed by atoms with Crippen LogP contribution < -0.4 is 5.73 Å². The monoisotopic (exact) mass is 209 g/mol. The van der Waals surface area contributed by atoms with Gasteiger partial charge in [0, 0.05) is 19.1 Å². The average molecular weight is 209 g/mol. The molecule has 0 saturated heterocycles. The first-order chi connectivity index (χ1) is 7.13. The first-order valence-corrected chi connectivity index (χ1v) is 6.02. The maximum atomic E-state index is 8.76. The van der Waals surface area contributed by atoms with Crippen molar-refractivity contribution in [3.63, 3.8) is 0 Å². The van der Waals surface area contributed by atoms with E-state index in [1.165, 1.54) is 25.7 Å². The molecule has 2 N–H and O–H groups in total. The highest BCUT2D eigenvalue weighted by Gasteiger charge is 2.24. The lowest BCUT2D eigenvalue weighted by molar-refractivity contribution is 0.174. The molecule has 0 aromatic carbocycles. The summed E-state index contributed by atoms with van der Waals surface area (Å²) >= 11 is 0. The second-order valence-electron chi connectivity index (χ2n) is 5.02. The molecule has 0 aliphatic heterocycles. The largest absolute Gasteiger partial charge is 0.315 e. The Morgan fingerprint density at radius 1 is 1.33 bits per heavy atom. The molecule has 0 radical (unpaired) electrons. The van der Waals surface area contributed by atoms with Crippen molar-refractivity contribution in [2.24, 2.45) is 11.7 Å². The summed E-state index contributed by atoms with van der Waals surface area (Å²) in [5, 5.41) is 8.76. The fourth-order valence-electron chi connectivity index (χ4n) is 2.40. The van der Waals surface area contributed by atoms with Gasteiger partial charge in [-0.05, 0) is 18.8 Å². The highest BCUT2D eigenvalue weighted by Crippen LogP contribution is 2.24. The van der Waals surface area contributed by atoms with Crippen LogP contribution in [0.5, 0.6) is 0 Å². The smallest absolute Gasteiger partial charge is 0.106 e. The first-order valence-electron chi connectivity index (χ1n) is 6.02. The van der Waals surface area contributed by atoms with Crippen LogP contribution in [-0.2, 0) is 0 Å². The highest BCUT2D eigenvalue weighted by molar-refractivity contribution is 4.91. The Kier molecular flexibility index (Phi) is 5.07. The summed E-state index contributed by atoms with van der Waals surface area (Å²) in [6, 6.07) is 2.47. The fourth-order valence-corrected chi connectivity index (χ4v) is 2.40. The van der Waals surface area contributed by atoms with E-state index >= 15 is 0 Å². The van der Waals surface area contributed by atoms with E-state index in [-0.39, 0.29) is 6.04 Å².